The first-order chi connectivity index (χ1) is 9.36. The van der Waals surface area contributed by atoms with E-state index in [1.165, 1.54) is 5.56 Å². The van der Waals surface area contributed by atoms with Crippen LogP contribution in [-0.2, 0) is 11.3 Å². The normalized spacial score (nSPS) is 9.84. The third-order valence-electron chi connectivity index (χ3n) is 2.45. The van der Waals surface area contributed by atoms with Gasteiger partial charge in [-0.3, -0.25) is 0 Å². The zero-order chi connectivity index (χ0) is 13.8. The van der Waals surface area contributed by atoms with Gasteiger partial charge in [0.15, 0.2) is 6.61 Å². The highest BCUT2D eigenvalue weighted by Crippen LogP contribution is 2.11. The van der Waals surface area contributed by atoms with Crippen LogP contribution in [0.3, 0.4) is 0 Å². The van der Waals surface area contributed by atoms with Gasteiger partial charge in [0.05, 0.1) is 13.2 Å². The van der Waals surface area contributed by atoms with Crippen molar-refractivity contribution < 1.29 is 9.47 Å². The summed E-state index contributed by atoms with van der Waals surface area (Å²) in [5.41, 5.74) is 1.18. The maximum atomic E-state index is 8.40. The van der Waals surface area contributed by atoms with E-state index in [4.69, 9.17) is 14.7 Å². The number of ether oxygens (including phenoxy) is 2. The molecule has 0 amide bonds. The van der Waals surface area contributed by atoms with Crippen LogP contribution in [0.2, 0.25) is 0 Å². The number of nitrogens with one attached hydrogen (secondary N) is 1. The summed E-state index contributed by atoms with van der Waals surface area (Å²) in [6.45, 7) is 6.78. The van der Waals surface area contributed by atoms with Crippen LogP contribution in [-0.4, -0.2) is 26.4 Å². The number of benzene rings is 1. The van der Waals surface area contributed by atoms with Crippen molar-refractivity contribution in [2.24, 2.45) is 0 Å². The molecule has 0 radical (unpaired) electrons. The minimum absolute atomic E-state index is 0.0830. The Bertz CT molecular complexity index is 396. The van der Waals surface area contributed by atoms with E-state index >= 15 is 0 Å². The van der Waals surface area contributed by atoms with E-state index in [1.807, 2.05) is 36.4 Å². The van der Waals surface area contributed by atoms with E-state index < -0.39 is 0 Å². The number of nitriles is 1. The molecule has 0 aliphatic carbocycles. The van der Waals surface area contributed by atoms with Crippen LogP contribution in [0.5, 0.6) is 5.75 Å². The summed E-state index contributed by atoms with van der Waals surface area (Å²) in [4.78, 5) is 0. The van der Waals surface area contributed by atoms with Crippen LogP contribution in [0.25, 0.3) is 0 Å². The van der Waals surface area contributed by atoms with Crippen LogP contribution in [0.15, 0.2) is 36.9 Å². The van der Waals surface area contributed by atoms with Gasteiger partial charge in [-0.1, -0.05) is 18.2 Å². The van der Waals surface area contributed by atoms with Gasteiger partial charge in [0.2, 0.25) is 0 Å². The Hall–Kier alpha value is -1.83. The van der Waals surface area contributed by atoms with E-state index in [9.17, 15) is 0 Å². The van der Waals surface area contributed by atoms with Gasteiger partial charge in [-0.2, -0.15) is 5.26 Å². The highest BCUT2D eigenvalue weighted by Gasteiger charge is 1.95. The molecule has 0 unspecified atom stereocenters. The number of hydrogen-bond donors (Lipinski definition) is 1. The van der Waals surface area contributed by atoms with Crippen molar-refractivity contribution in [2.45, 2.75) is 13.0 Å². The lowest BCUT2D eigenvalue weighted by Gasteiger charge is -2.07. The minimum Gasteiger partial charge on any atom is -0.479 e. The van der Waals surface area contributed by atoms with Crippen molar-refractivity contribution in [3.8, 4) is 11.8 Å². The lowest BCUT2D eigenvalue weighted by atomic mass is 10.2. The average Bonchev–Trinajstić information content (AvgIpc) is 2.45. The smallest absolute Gasteiger partial charge is 0.174 e. The van der Waals surface area contributed by atoms with Crippen molar-refractivity contribution >= 4 is 0 Å². The predicted molar refractivity (Wildman–Crippen MR) is 74.9 cm³/mol. The lowest BCUT2D eigenvalue weighted by molar-refractivity contribution is 0.140. The second kappa shape index (κ2) is 10.1. The molecule has 0 aliphatic rings. The average molecular weight is 260 g/mol. The Morgan fingerprint density at radius 3 is 2.74 bits per heavy atom. The number of hydrogen-bond acceptors (Lipinski definition) is 4. The molecule has 102 valence electrons. The molecular weight excluding hydrogens is 240 g/mol. The second-order valence-corrected chi connectivity index (χ2v) is 3.96. The minimum atomic E-state index is 0.0830. The number of rotatable bonds is 10. The van der Waals surface area contributed by atoms with E-state index in [-0.39, 0.29) is 6.61 Å². The van der Waals surface area contributed by atoms with E-state index in [2.05, 4.69) is 11.9 Å². The van der Waals surface area contributed by atoms with Crippen LogP contribution >= 0.6 is 0 Å². The molecule has 4 nitrogen and oxygen atoms in total. The van der Waals surface area contributed by atoms with E-state index in [0.717, 1.165) is 31.9 Å². The molecule has 1 N–H and O–H groups in total. The summed E-state index contributed by atoms with van der Waals surface area (Å²) in [7, 11) is 0. The summed E-state index contributed by atoms with van der Waals surface area (Å²) in [6.07, 6.45) is 2.74. The molecule has 1 aromatic carbocycles. The third kappa shape index (κ3) is 7.24. The predicted octanol–water partition coefficient (Wildman–Crippen LogP) is 2.27. The Morgan fingerprint density at radius 2 is 2.05 bits per heavy atom. The van der Waals surface area contributed by atoms with Gasteiger partial charge in [0.25, 0.3) is 0 Å². The Labute approximate surface area is 114 Å². The first-order valence-electron chi connectivity index (χ1n) is 6.35. The summed E-state index contributed by atoms with van der Waals surface area (Å²) < 4.78 is 10.6. The fourth-order valence-corrected chi connectivity index (χ4v) is 1.46. The maximum Gasteiger partial charge on any atom is 0.174 e. The van der Waals surface area contributed by atoms with Crippen LogP contribution in [0.4, 0.5) is 0 Å². The van der Waals surface area contributed by atoms with Crippen LogP contribution < -0.4 is 10.1 Å². The molecule has 4 heteroatoms. The SMILES string of the molecule is C=CCCOCCNCc1ccc(OCC#N)cc1. The quantitative estimate of drug-likeness (QED) is 0.518. The van der Waals surface area contributed by atoms with Crippen LogP contribution in [0.1, 0.15) is 12.0 Å². The molecule has 0 spiro atoms. The maximum absolute atomic E-state index is 8.40. The van der Waals surface area contributed by atoms with Crippen molar-refractivity contribution in [3.63, 3.8) is 0 Å². The largest absolute Gasteiger partial charge is 0.479 e. The first-order valence-corrected chi connectivity index (χ1v) is 6.35. The molecule has 0 saturated carbocycles. The fraction of sp³-hybridized carbons (Fsp3) is 0.400. The Morgan fingerprint density at radius 1 is 1.26 bits per heavy atom. The number of nitrogens with zero attached hydrogens (tertiary/aromatic N) is 1. The van der Waals surface area contributed by atoms with Crippen LogP contribution in [0, 0.1) is 11.3 Å². The summed E-state index contributed by atoms with van der Waals surface area (Å²) >= 11 is 0. The molecule has 19 heavy (non-hydrogen) atoms. The van der Waals surface area contributed by atoms with Gasteiger partial charge >= 0.3 is 0 Å². The van der Waals surface area contributed by atoms with E-state index in [0.29, 0.717) is 6.61 Å². The topological polar surface area (TPSA) is 54.3 Å². The molecule has 0 aromatic heterocycles. The molecule has 0 bridgehead atoms. The molecule has 0 atom stereocenters. The van der Waals surface area contributed by atoms with E-state index in [1.54, 1.807) is 0 Å². The first kappa shape index (κ1) is 15.2. The van der Waals surface area contributed by atoms with Crippen molar-refractivity contribution in [3.05, 3.63) is 42.5 Å². The molecule has 0 heterocycles. The van der Waals surface area contributed by atoms with Gasteiger partial charge in [-0.05, 0) is 24.1 Å². The molecular formula is C15H20N2O2. The Kier molecular flexibility index (Phi) is 8.12. The monoisotopic (exact) mass is 260 g/mol. The third-order valence-corrected chi connectivity index (χ3v) is 2.45. The molecule has 0 fully saturated rings. The molecule has 0 aliphatic heterocycles. The van der Waals surface area contributed by atoms with Gasteiger partial charge in [0.1, 0.15) is 11.8 Å². The highest BCUT2D eigenvalue weighted by molar-refractivity contribution is 5.27. The standard InChI is InChI=1S/C15H20N2O2/c1-2-3-10-18-12-9-17-13-14-4-6-15(7-5-14)19-11-8-16/h2,4-7,17H,1,3,9-13H2. The zero-order valence-electron chi connectivity index (χ0n) is 11.1. The summed E-state index contributed by atoms with van der Waals surface area (Å²) in [6, 6.07) is 9.65. The molecule has 0 saturated heterocycles. The van der Waals surface area contributed by atoms with Gasteiger partial charge in [-0.15, -0.1) is 6.58 Å². The Balaban J connectivity index is 2.12. The van der Waals surface area contributed by atoms with Gasteiger partial charge in [0, 0.05) is 13.1 Å². The van der Waals surface area contributed by atoms with Crippen molar-refractivity contribution in [2.75, 3.05) is 26.4 Å². The van der Waals surface area contributed by atoms with Gasteiger partial charge in [-0.25, -0.2) is 0 Å². The summed E-state index contributed by atoms with van der Waals surface area (Å²) in [5.74, 6) is 0.720. The fourth-order valence-electron chi connectivity index (χ4n) is 1.46. The molecule has 1 rings (SSSR count). The zero-order valence-corrected chi connectivity index (χ0v) is 11.1. The van der Waals surface area contributed by atoms with Gasteiger partial charge < -0.3 is 14.8 Å². The highest BCUT2D eigenvalue weighted by atomic mass is 16.5. The second-order valence-electron chi connectivity index (χ2n) is 3.96. The molecule has 1 aromatic rings. The van der Waals surface area contributed by atoms with Crippen molar-refractivity contribution in [1.82, 2.24) is 5.32 Å². The lowest BCUT2D eigenvalue weighted by Crippen LogP contribution is -2.19. The van der Waals surface area contributed by atoms with Crippen molar-refractivity contribution in [1.29, 1.82) is 5.26 Å². The summed E-state index contributed by atoms with van der Waals surface area (Å²) in [5, 5.41) is 11.7.